The molecule has 3 rings (SSSR count). The molecule has 0 unspecified atom stereocenters. The molecule has 0 fully saturated rings. The van der Waals surface area contributed by atoms with Gasteiger partial charge in [-0.3, -0.25) is 9.59 Å². The van der Waals surface area contributed by atoms with Crippen molar-refractivity contribution < 1.29 is 19.1 Å². The Balaban J connectivity index is 1.40. The maximum absolute atomic E-state index is 12.3. The monoisotopic (exact) mass is 445 g/mol. The third-order valence-electron chi connectivity index (χ3n) is 4.79. The first-order chi connectivity index (χ1) is 16.2. The van der Waals surface area contributed by atoms with Crippen LogP contribution in [-0.2, 0) is 20.7 Å². The Bertz CT molecular complexity index is 1040. The van der Waals surface area contributed by atoms with Gasteiger partial charge in [-0.2, -0.15) is 5.10 Å². The number of hydrogen-bond acceptors (Lipinski definition) is 5. The molecule has 0 aromatic heterocycles. The van der Waals surface area contributed by atoms with Gasteiger partial charge in [0.2, 0.25) is 0 Å². The van der Waals surface area contributed by atoms with Crippen LogP contribution < -0.4 is 15.5 Å². The number of nitrogens with one attached hydrogen (secondary N) is 2. The molecule has 170 valence electrons. The summed E-state index contributed by atoms with van der Waals surface area (Å²) in [6.45, 7) is 0.498. The molecule has 2 amide bonds. The predicted octanol–water partition coefficient (Wildman–Crippen LogP) is 3.26. The number of methoxy groups -OCH3 is 1. The Morgan fingerprint density at radius 3 is 2.27 bits per heavy atom. The van der Waals surface area contributed by atoms with Gasteiger partial charge in [0.25, 0.3) is 11.8 Å². The lowest BCUT2D eigenvalue weighted by Gasteiger charge is -2.13. The van der Waals surface area contributed by atoms with Crippen LogP contribution in [0, 0.1) is 0 Å². The molecule has 0 aliphatic heterocycles. The van der Waals surface area contributed by atoms with Crippen molar-refractivity contribution in [3.8, 4) is 5.75 Å². The molecule has 0 saturated carbocycles. The molecule has 0 radical (unpaired) electrons. The molecule has 7 heteroatoms. The Morgan fingerprint density at radius 2 is 1.61 bits per heavy atom. The largest absolute Gasteiger partial charge is 0.484 e. The number of carbonyl (C=O) groups is 2. The summed E-state index contributed by atoms with van der Waals surface area (Å²) in [6.07, 6.45) is 1.56. The third-order valence-corrected chi connectivity index (χ3v) is 4.79. The SMILES string of the molecule is CO[C@@H](C(=O)N/N=C\c1ccc(OCC(=O)NCCc2ccccc2)cc1)c1ccccc1. The van der Waals surface area contributed by atoms with Gasteiger partial charge >= 0.3 is 0 Å². The Hall–Kier alpha value is -3.97. The second-order valence-corrected chi connectivity index (χ2v) is 7.20. The van der Waals surface area contributed by atoms with Gasteiger partial charge in [0.05, 0.1) is 6.21 Å². The van der Waals surface area contributed by atoms with E-state index >= 15 is 0 Å². The van der Waals surface area contributed by atoms with Crippen molar-refractivity contribution in [1.82, 2.24) is 10.7 Å². The molecule has 0 aliphatic carbocycles. The number of benzene rings is 3. The van der Waals surface area contributed by atoms with E-state index in [1.54, 1.807) is 24.3 Å². The van der Waals surface area contributed by atoms with E-state index in [1.807, 2.05) is 60.7 Å². The number of amides is 2. The summed E-state index contributed by atoms with van der Waals surface area (Å²) in [5.41, 5.74) is 5.17. The normalized spacial score (nSPS) is 11.7. The van der Waals surface area contributed by atoms with Gasteiger partial charge < -0.3 is 14.8 Å². The molecule has 2 N–H and O–H groups in total. The maximum Gasteiger partial charge on any atom is 0.273 e. The fourth-order valence-electron chi connectivity index (χ4n) is 3.09. The average Bonchev–Trinajstić information content (AvgIpc) is 2.85. The van der Waals surface area contributed by atoms with Crippen LogP contribution in [-0.4, -0.2) is 38.3 Å². The summed E-state index contributed by atoms with van der Waals surface area (Å²) in [4.78, 5) is 24.3. The van der Waals surface area contributed by atoms with Crippen molar-refractivity contribution in [3.63, 3.8) is 0 Å². The van der Waals surface area contributed by atoms with Gasteiger partial charge in [0.15, 0.2) is 12.7 Å². The van der Waals surface area contributed by atoms with Gasteiger partial charge in [-0.25, -0.2) is 5.43 Å². The van der Waals surface area contributed by atoms with Crippen LogP contribution in [0.5, 0.6) is 5.75 Å². The minimum atomic E-state index is -0.738. The molecule has 0 aliphatic rings. The minimum Gasteiger partial charge on any atom is -0.484 e. The smallest absolute Gasteiger partial charge is 0.273 e. The number of nitrogens with zero attached hydrogens (tertiary/aromatic N) is 1. The Labute approximate surface area is 193 Å². The molecule has 0 heterocycles. The van der Waals surface area contributed by atoms with Crippen molar-refractivity contribution in [1.29, 1.82) is 0 Å². The van der Waals surface area contributed by atoms with Crippen LogP contribution in [0.4, 0.5) is 0 Å². The van der Waals surface area contributed by atoms with E-state index in [2.05, 4.69) is 15.8 Å². The van der Waals surface area contributed by atoms with Crippen molar-refractivity contribution in [3.05, 3.63) is 102 Å². The second-order valence-electron chi connectivity index (χ2n) is 7.20. The molecule has 7 nitrogen and oxygen atoms in total. The van der Waals surface area contributed by atoms with Crippen LogP contribution in [0.1, 0.15) is 22.8 Å². The second kappa shape index (κ2) is 12.8. The van der Waals surface area contributed by atoms with Crippen LogP contribution in [0.15, 0.2) is 90.0 Å². The van der Waals surface area contributed by atoms with E-state index in [9.17, 15) is 9.59 Å². The fourth-order valence-corrected chi connectivity index (χ4v) is 3.09. The summed E-state index contributed by atoms with van der Waals surface area (Å²) >= 11 is 0. The third kappa shape index (κ3) is 7.90. The van der Waals surface area contributed by atoms with E-state index < -0.39 is 6.10 Å². The highest BCUT2D eigenvalue weighted by Gasteiger charge is 2.19. The van der Waals surface area contributed by atoms with E-state index in [0.29, 0.717) is 12.3 Å². The summed E-state index contributed by atoms with van der Waals surface area (Å²) < 4.78 is 10.8. The molecule has 3 aromatic carbocycles. The van der Waals surface area contributed by atoms with Crippen LogP contribution >= 0.6 is 0 Å². The van der Waals surface area contributed by atoms with E-state index in [-0.39, 0.29) is 18.4 Å². The van der Waals surface area contributed by atoms with Gasteiger partial charge in [-0.05, 0) is 47.4 Å². The highest BCUT2D eigenvalue weighted by atomic mass is 16.5. The van der Waals surface area contributed by atoms with Crippen LogP contribution in [0.3, 0.4) is 0 Å². The highest BCUT2D eigenvalue weighted by molar-refractivity contribution is 5.85. The van der Waals surface area contributed by atoms with Gasteiger partial charge in [-0.15, -0.1) is 0 Å². The number of carbonyl (C=O) groups excluding carboxylic acids is 2. The molecular weight excluding hydrogens is 418 g/mol. The molecular formula is C26H27N3O4. The molecule has 0 saturated heterocycles. The van der Waals surface area contributed by atoms with Gasteiger partial charge in [0, 0.05) is 13.7 Å². The first-order valence-electron chi connectivity index (χ1n) is 10.6. The van der Waals surface area contributed by atoms with Crippen molar-refractivity contribution >= 4 is 18.0 Å². The average molecular weight is 446 g/mol. The predicted molar refractivity (Wildman–Crippen MR) is 127 cm³/mol. The molecule has 0 bridgehead atoms. The quantitative estimate of drug-likeness (QED) is 0.350. The van der Waals surface area contributed by atoms with Crippen LogP contribution in [0.25, 0.3) is 0 Å². The van der Waals surface area contributed by atoms with Gasteiger partial charge in [-0.1, -0.05) is 60.7 Å². The Kier molecular flexibility index (Phi) is 9.17. The van der Waals surface area contributed by atoms with Crippen LogP contribution in [0.2, 0.25) is 0 Å². The topological polar surface area (TPSA) is 89.0 Å². The zero-order valence-corrected chi connectivity index (χ0v) is 18.4. The van der Waals surface area contributed by atoms with Gasteiger partial charge in [0.1, 0.15) is 5.75 Å². The lowest BCUT2D eigenvalue weighted by molar-refractivity contribution is -0.131. The zero-order chi connectivity index (χ0) is 23.3. The van der Waals surface area contributed by atoms with E-state index in [0.717, 1.165) is 17.5 Å². The van der Waals surface area contributed by atoms with Crippen molar-refractivity contribution in [2.75, 3.05) is 20.3 Å². The van der Waals surface area contributed by atoms with Crippen molar-refractivity contribution in [2.24, 2.45) is 5.10 Å². The summed E-state index contributed by atoms with van der Waals surface area (Å²) in [5.74, 6) is 0.0292. The summed E-state index contributed by atoms with van der Waals surface area (Å²) in [7, 11) is 1.48. The first-order valence-corrected chi connectivity index (χ1v) is 10.6. The standard InChI is InChI=1S/C26H27N3O4/c1-32-25(22-10-6-3-7-11-22)26(31)29-28-18-21-12-14-23(15-13-21)33-19-24(30)27-17-16-20-8-4-2-5-9-20/h2-15,18,25H,16-17,19H2,1H3,(H,27,30)(H,29,31)/b28-18-/t25-/m1/s1. The summed E-state index contributed by atoms with van der Waals surface area (Å²) in [6, 6.07) is 26.2. The Morgan fingerprint density at radius 1 is 0.939 bits per heavy atom. The lowest BCUT2D eigenvalue weighted by atomic mass is 10.1. The lowest BCUT2D eigenvalue weighted by Crippen LogP contribution is -2.30. The highest BCUT2D eigenvalue weighted by Crippen LogP contribution is 2.16. The van der Waals surface area contributed by atoms with E-state index in [1.165, 1.54) is 18.9 Å². The molecule has 0 spiro atoms. The minimum absolute atomic E-state index is 0.0594. The number of rotatable bonds is 11. The maximum atomic E-state index is 12.3. The number of hydrogen-bond donors (Lipinski definition) is 2. The fraction of sp³-hybridized carbons (Fsp3) is 0.192. The van der Waals surface area contributed by atoms with E-state index in [4.69, 9.17) is 9.47 Å². The number of ether oxygens (including phenoxy) is 2. The summed E-state index contributed by atoms with van der Waals surface area (Å²) in [5, 5.41) is 6.83. The molecule has 3 aromatic rings. The van der Waals surface area contributed by atoms with Crippen molar-refractivity contribution in [2.45, 2.75) is 12.5 Å². The first kappa shape index (κ1) is 23.7. The molecule has 33 heavy (non-hydrogen) atoms. The number of hydrazone groups is 1. The molecule has 1 atom stereocenters. The zero-order valence-electron chi connectivity index (χ0n) is 18.4.